The van der Waals surface area contributed by atoms with E-state index in [0.29, 0.717) is 0 Å². The minimum Gasteiger partial charge on any atom is -0.464 e. The first-order valence-electron chi connectivity index (χ1n) is 18.0. The number of aromatic nitrogens is 2. The van der Waals surface area contributed by atoms with Gasteiger partial charge in [0.15, 0.2) is 0 Å². The van der Waals surface area contributed by atoms with Gasteiger partial charge in [-0.05, 0) is 71.8 Å². The lowest BCUT2D eigenvalue weighted by Gasteiger charge is -2.55. The van der Waals surface area contributed by atoms with Crippen molar-refractivity contribution in [3.63, 3.8) is 0 Å². The Bertz CT molecular complexity index is 2020. The fraction of sp³-hybridized carbons (Fsp3) is 0.381. The first-order valence-corrected chi connectivity index (χ1v) is 18.0. The summed E-state index contributed by atoms with van der Waals surface area (Å²) >= 11 is 0. The number of nitrogens with zero attached hydrogens (tertiary/aromatic N) is 6. The summed E-state index contributed by atoms with van der Waals surface area (Å²) in [7, 11) is 0. The lowest BCUT2D eigenvalue weighted by molar-refractivity contribution is -0.139. The minimum atomic E-state index is -0.645. The van der Waals surface area contributed by atoms with E-state index >= 15 is 0 Å². The fourth-order valence-electron chi connectivity index (χ4n) is 8.85. The average Bonchev–Trinajstić information content (AvgIpc) is 3.13. The van der Waals surface area contributed by atoms with Crippen molar-refractivity contribution in [1.29, 1.82) is 0 Å². The molecule has 4 aliphatic rings. The first-order chi connectivity index (χ1) is 24.2. The summed E-state index contributed by atoms with van der Waals surface area (Å²) < 4.78 is 14.1. The molecule has 9 rings (SSSR count). The molecular formula is C42H44N6O2. The van der Waals surface area contributed by atoms with E-state index < -0.39 is 11.4 Å². The van der Waals surface area contributed by atoms with Crippen molar-refractivity contribution in [2.45, 2.75) is 77.9 Å². The molecule has 0 N–H and O–H groups in total. The topological polar surface area (TPSA) is 75.4 Å². The summed E-state index contributed by atoms with van der Waals surface area (Å²) in [6, 6.07) is 21.5. The number of aliphatic imine (C=N–C) groups is 2. The Labute approximate surface area is 293 Å². The molecular weight excluding hydrogens is 621 g/mol. The van der Waals surface area contributed by atoms with E-state index in [0.717, 1.165) is 96.3 Å². The molecule has 4 aliphatic heterocycles. The number of rotatable bonds is 4. The van der Waals surface area contributed by atoms with Gasteiger partial charge in [-0.1, -0.05) is 64.1 Å². The average molecular weight is 665 g/mol. The zero-order valence-corrected chi connectivity index (χ0v) is 29.4. The predicted molar refractivity (Wildman–Crippen MR) is 200 cm³/mol. The van der Waals surface area contributed by atoms with Crippen LogP contribution < -0.4 is 9.47 Å². The minimum absolute atomic E-state index is 0.130. The Hall–Kier alpha value is -4.66. The zero-order chi connectivity index (χ0) is 34.1. The lowest BCUT2D eigenvalue weighted by atomic mass is 9.73. The second-order valence-electron chi connectivity index (χ2n) is 15.8. The number of hydrogen-bond acceptors (Lipinski definition) is 8. The van der Waals surface area contributed by atoms with Crippen LogP contribution in [0.2, 0.25) is 0 Å². The third-order valence-corrected chi connectivity index (χ3v) is 11.9. The van der Waals surface area contributed by atoms with Gasteiger partial charge in [0.05, 0.1) is 12.4 Å². The number of benzene rings is 3. The van der Waals surface area contributed by atoms with Gasteiger partial charge in [-0.25, -0.2) is 0 Å². The molecule has 2 unspecified atom stereocenters. The quantitative estimate of drug-likeness (QED) is 0.191. The normalized spacial score (nSPS) is 25.4. The molecule has 2 fully saturated rings. The van der Waals surface area contributed by atoms with Crippen molar-refractivity contribution in [2.24, 2.45) is 20.8 Å². The van der Waals surface area contributed by atoms with Crippen LogP contribution in [0.4, 0.5) is 11.4 Å². The smallest absolute Gasteiger partial charge is 0.205 e. The Kier molecular flexibility index (Phi) is 7.17. The molecule has 2 saturated heterocycles. The van der Waals surface area contributed by atoms with E-state index in [2.05, 4.69) is 108 Å². The largest absolute Gasteiger partial charge is 0.464 e. The van der Waals surface area contributed by atoms with Crippen LogP contribution in [-0.4, -0.2) is 56.7 Å². The summed E-state index contributed by atoms with van der Waals surface area (Å²) in [5.41, 5.74) is 2.70. The highest BCUT2D eigenvalue weighted by molar-refractivity contribution is 5.99. The van der Waals surface area contributed by atoms with Gasteiger partial charge in [-0.2, -0.15) is 0 Å². The lowest BCUT2D eigenvalue weighted by Crippen LogP contribution is -2.66. The Morgan fingerprint density at radius 1 is 0.580 bits per heavy atom. The molecule has 50 heavy (non-hydrogen) atoms. The van der Waals surface area contributed by atoms with Crippen molar-refractivity contribution >= 4 is 45.3 Å². The van der Waals surface area contributed by atoms with Gasteiger partial charge in [0.1, 0.15) is 22.9 Å². The van der Waals surface area contributed by atoms with Crippen LogP contribution >= 0.6 is 0 Å². The monoisotopic (exact) mass is 664 g/mol. The van der Waals surface area contributed by atoms with Gasteiger partial charge in [0.2, 0.25) is 11.4 Å². The summed E-state index contributed by atoms with van der Waals surface area (Å²) in [4.78, 5) is 23.9. The van der Waals surface area contributed by atoms with E-state index in [1.807, 2.05) is 36.9 Å². The fourth-order valence-corrected chi connectivity index (χ4v) is 8.85. The second-order valence-corrected chi connectivity index (χ2v) is 15.8. The molecule has 8 nitrogen and oxygen atoms in total. The zero-order valence-electron chi connectivity index (χ0n) is 29.4. The number of likely N-dealkylation sites (tertiary alicyclic amines) is 2. The molecule has 3 aromatic carbocycles. The van der Waals surface area contributed by atoms with E-state index in [-0.39, 0.29) is 10.8 Å². The SMILES string of the molecule is CC1(C)CCCN(Cc2ccc(CN3CCCC(C)(C)C34C=Nc3c(ccc5ccncc35)O4)cc2)C12C=Nc1c(ccc3ccncc13)O2. The molecule has 2 spiro atoms. The number of ether oxygens (including phenoxy) is 2. The maximum absolute atomic E-state index is 7.04. The summed E-state index contributed by atoms with van der Waals surface area (Å²) in [5, 5.41) is 4.27. The van der Waals surface area contributed by atoms with Gasteiger partial charge < -0.3 is 9.47 Å². The molecule has 0 amide bonds. The number of pyridine rings is 2. The van der Waals surface area contributed by atoms with Crippen LogP contribution in [0.3, 0.4) is 0 Å². The van der Waals surface area contributed by atoms with Gasteiger partial charge in [-0.15, -0.1) is 0 Å². The Morgan fingerprint density at radius 3 is 1.46 bits per heavy atom. The number of piperidine rings is 2. The van der Waals surface area contributed by atoms with Gasteiger partial charge >= 0.3 is 0 Å². The molecule has 5 aromatic rings. The molecule has 2 aromatic heterocycles. The molecule has 0 bridgehead atoms. The molecule has 2 atom stereocenters. The van der Waals surface area contributed by atoms with E-state index in [4.69, 9.17) is 19.5 Å². The maximum Gasteiger partial charge on any atom is 0.205 e. The van der Waals surface area contributed by atoms with Crippen LogP contribution in [0.5, 0.6) is 11.5 Å². The van der Waals surface area contributed by atoms with Crippen LogP contribution in [-0.2, 0) is 13.1 Å². The molecule has 8 heteroatoms. The highest BCUT2D eigenvalue weighted by atomic mass is 16.5. The van der Waals surface area contributed by atoms with Crippen molar-refractivity contribution in [1.82, 2.24) is 19.8 Å². The third-order valence-electron chi connectivity index (χ3n) is 11.9. The Morgan fingerprint density at radius 2 is 1.02 bits per heavy atom. The van der Waals surface area contributed by atoms with Crippen molar-refractivity contribution in [3.05, 3.63) is 96.6 Å². The maximum atomic E-state index is 7.04. The second kappa shape index (κ2) is 11.4. The Balaban J connectivity index is 0.975. The molecule has 0 saturated carbocycles. The number of hydrogen-bond donors (Lipinski definition) is 0. The third kappa shape index (κ3) is 4.79. The van der Waals surface area contributed by atoms with Crippen LogP contribution in [0, 0.1) is 10.8 Å². The van der Waals surface area contributed by atoms with E-state index in [1.54, 1.807) is 0 Å². The van der Waals surface area contributed by atoms with Crippen LogP contribution in [0.25, 0.3) is 21.5 Å². The molecule has 254 valence electrons. The van der Waals surface area contributed by atoms with E-state index in [9.17, 15) is 0 Å². The van der Waals surface area contributed by atoms with Crippen molar-refractivity contribution < 1.29 is 9.47 Å². The number of fused-ring (bicyclic) bond motifs is 6. The molecule has 6 heterocycles. The summed E-state index contributed by atoms with van der Waals surface area (Å²) in [6.45, 7) is 12.7. The van der Waals surface area contributed by atoms with Crippen molar-refractivity contribution in [2.75, 3.05) is 13.1 Å². The highest BCUT2D eigenvalue weighted by Gasteiger charge is 2.56. The standard InChI is InChI=1S/C42H44N6O2/c1-39(2)17-5-21-47(41(39)27-45-37-33-23-43-19-15-31(33)11-13-35(37)49-41)25-29-7-9-30(10-8-29)26-48-22-6-18-40(3,4)42(48)28-46-38-34-24-44-20-16-32(34)12-14-36(38)50-42/h7-16,19-20,23-24,27-28H,5-6,17-18,21-22,25-26H2,1-4H3. The summed E-state index contributed by atoms with van der Waals surface area (Å²) in [6.07, 6.45) is 15.9. The van der Waals surface area contributed by atoms with Gasteiger partial charge in [-0.3, -0.25) is 29.8 Å². The first kappa shape index (κ1) is 31.3. The van der Waals surface area contributed by atoms with Gasteiger partial charge in [0, 0.05) is 72.6 Å². The predicted octanol–water partition coefficient (Wildman–Crippen LogP) is 9.01. The van der Waals surface area contributed by atoms with Crippen LogP contribution in [0.1, 0.15) is 64.5 Å². The highest BCUT2D eigenvalue weighted by Crippen LogP contribution is 2.52. The van der Waals surface area contributed by atoms with Gasteiger partial charge in [0.25, 0.3) is 0 Å². The summed E-state index contributed by atoms with van der Waals surface area (Å²) in [5.74, 6) is 1.64. The van der Waals surface area contributed by atoms with E-state index in [1.165, 1.54) is 11.1 Å². The molecule has 0 radical (unpaired) electrons. The molecule has 0 aliphatic carbocycles. The van der Waals surface area contributed by atoms with Crippen LogP contribution in [0.15, 0.2) is 95.4 Å². The van der Waals surface area contributed by atoms with Crippen molar-refractivity contribution in [3.8, 4) is 11.5 Å².